The lowest BCUT2D eigenvalue weighted by Crippen LogP contribution is -2.46. The standard InChI is InChI=1S/C24H26BrFN2O2/c1-13(24(29)30-4)12-28-14(2)11-17-16-7-5-6-8-20(16)27-22(17)23(28)21-15(3)18(25)9-10-19(21)26/h5-10,13-14,23,27H,11-12H2,1-4H3/t13-,14+,23+/m0/s1. The molecule has 3 atom stereocenters. The zero-order chi connectivity index (χ0) is 21.6. The Morgan fingerprint density at radius 3 is 2.80 bits per heavy atom. The van der Waals surface area contributed by atoms with Crippen LogP contribution in [0.15, 0.2) is 40.9 Å². The van der Waals surface area contributed by atoms with Gasteiger partial charge in [0.15, 0.2) is 0 Å². The van der Waals surface area contributed by atoms with Crippen molar-refractivity contribution in [1.82, 2.24) is 9.88 Å². The molecule has 0 spiro atoms. The molecule has 1 aromatic heterocycles. The Labute approximate surface area is 184 Å². The number of aromatic nitrogens is 1. The SMILES string of the molecule is COC(=O)[C@@H](C)CN1[C@H](c2c(F)ccc(Br)c2C)c2[nH]c3ccccc3c2C[C@H]1C. The first-order valence-electron chi connectivity index (χ1n) is 10.2. The summed E-state index contributed by atoms with van der Waals surface area (Å²) in [7, 11) is 1.41. The van der Waals surface area contributed by atoms with E-state index in [0.29, 0.717) is 12.1 Å². The fourth-order valence-corrected chi connectivity index (χ4v) is 5.04. The summed E-state index contributed by atoms with van der Waals surface area (Å²) in [5.74, 6) is -0.814. The molecule has 6 heteroatoms. The summed E-state index contributed by atoms with van der Waals surface area (Å²) in [6, 6.07) is 11.3. The third-order valence-electron chi connectivity index (χ3n) is 6.27. The highest BCUT2D eigenvalue weighted by Gasteiger charge is 2.39. The van der Waals surface area contributed by atoms with E-state index < -0.39 is 0 Å². The van der Waals surface area contributed by atoms with Crippen molar-refractivity contribution in [3.63, 3.8) is 0 Å². The van der Waals surface area contributed by atoms with Crippen LogP contribution in [0.5, 0.6) is 0 Å². The molecule has 0 saturated heterocycles. The number of aromatic amines is 1. The number of para-hydroxylation sites is 1. The third kappa shape index (κ3) is 3.46. The molecule has 2 aromatic carbocycles. The van der Waals surface area contributed by atoms with E-state index >= 15 is 4.39 Å². The van der Waals surface area contributed by atoms with Gasteiger partial charge in [-0.1, -0.05) is 41.1 Å². The number of hydrogen-bond donors (Lipinski definition) is 1. The van der Waals surface area contributed by atoms with E-state index in [9.17, 15) is 4.79 Å². The number of esters is 1. The van der Waals surface area contributed by atoms with Gasteiger partial charge in [-0.2, -0.15) is 0 Å². The maximum absolute atomic E-state index is 15.3. The smallest absolute Gasteiger partial charge is 0.309 e. The molecule has 158 valence electrons. The fraction of sp³-hybridized carbons (Fsp3) is 0.375. The number of benzene rings is 2. The van der Waals surface area contributed by atoms with Gasteiger partial charge < -0.3 is 9.72 Å². The number of carbonyl (C=O) groups excluding carboxylic acids is 1. The topological polar surface area (TPSA) is 45.3 Å². The molecule has 1 N–H and O–H groups in total. The van der Waals surface area contributed by atoms with Gasteiger partial charge in [0, 0.05) is 39.2 Å². The molecular formula is C24H26BrFN2O2. The fourth-order valence-electron chi connectivity index (χ4n) is 4.70. The zero-order valence-electron chi connectivity index (χ0n) is 17.6. The van der Waals surface area contributed by atoms with E-state index in [-0.39, 0.29) is 29.8 Å². The molecule has 3 aromatic rings. The predicted molar refractivity (Wildman–Crippen MR) is 120 cm³/mol. The monoisotopic (exact) mass is 472 g/mol. The van der Waals surface area contributed by atoms with E-state index in [2.05, 4.69) is 44.9 Å². The molecule has 0 radical (unpaired) electrons. The molecule has 0 saturated carbocycles. The van der Waals surface area contributed by atoms with E-state index in [4.69, 9.17) is 4.74 Å². The van der Waals surface area contributed by atoms with Crippen LogP contribution < -0.4 is 0 Å². The van der Waals surface area contributed by atoms with Crippen LogP contribution in [0.1, 0.15) is 42.3 Å². The molecule has 1 aliphatic heterocycles. The number of ether oxygens (including phenoxy) is 1. The second kappa shape index (κ2) is 8.16. The predicted octanol–water partition coefficient (Wildman–Crippen LogP) is 5.52. The summed E-state index contributed by atoms with van der Waals surface area (Å²) in [4.78, 5) is 18.0. The highest BCUT2D eigenvalue weighted by Crippen LogP contribution is 2.43. The first-order chi connectivity index (χ1) is 14.3. The van der Waals surface area contributed by atoms with Gasteiger partial charge >= 0.3 is 5.97 Å². The van der Waals surface area contributed by atoms with E-state index in [0.717, 1.165) is 27.7 Å². The van der Waals surface area contributed by atoms with Crippen molar-refractivity contribution in [3.05, 3.63) is 69.1 Å². The van der Waals surface area contributed by atoms with Gasteiger partial charge in [-0.15, -0.1) is 0 Å². The summed E-state index contributed by atoms with van der Waals surface area (Å²) >= 11 is 3.57. The van der Waals surface area contributed by atoms with E-state index in [1.165, 1.54) is 24.1 Å². The maximum atomic E-state index is 15.3. The Morgan fingerprint density at radius 1 is 1.33 bits per heavy atom. The van der Waals surface area contributed by atoms with Crippen molar-refractivity contribution in [3.8, 4) is 0 Å². The Hall–Kier alpha value is -2.18. The minimum absolute atomic E-state index is 0.131. The molecule has 4 rings (SSSR count). The van der Waals surface area contributed by atoms with Crippen molar-refractivity contribution in [1.29, 1.82) is 0 Å². The Morgan fingerprint density at radius 2 is 2.07 bits per heavy atom. The van der Waals surface area contributed by atoms with Crippen LogP contribution in [0, 0.1) is 18.7 Å². The molecule has 30 heavy (non-hydrogen) atoms. The van der Waals surface area contributed by atoms with Crippen LogP contribution in [0.4, 0.5) is 4.39 Å². The summed E-state index contributed by atoms with van der Waals surface area (Å²) < 4.78 is 21.1. The molecule has 0 bridgehead atoms. The van der Waals surface area contributed by atoms with Crippen LogP contribution in [-0.4, -0.2) is 35.5 Å². The minimum atomic E-state index is -0.319. The number of hydrogen-bond acceptors (Lipinski definition) is 3. The highest BCUT2D eigenvalue weighted by molar-refractivity contribution is 9.10. The number of halogens is 2. The first kappa shape index (κ1) is 21.1. The van der Waals surface area contributed by atoms with Crippen LogP contribution >= 0.6 is 15.9 Å². The summed E-state index contributed by atoms with van der Waals surface area (Å²) in [5, 5.41) is 1.18. The average Bonchev–Trinajstić information content (AvgIpc) is 3.10. The van der Waals surface area contributed by atoms with Crippen molar-refractivity contribution < 1.29 is 13.9 Å². The van der Waals surface area contributed by atoms with Crippen LogP contribution in [-0.2, 0) is 16.0 Å². The van der Waals surface area contributed by atoms with E-state index in [1.54, 1.807) is 6.07 Å². The number of fused-ring (bicyclic) bond motifs is 3. The van der Waals surface area contributed by atoms with Crippen LogP contribution in [0.2, 0.25) is 0 Å². The van der Waals surface area contributed by atoms with Crippen molar-refractivity contribution in [2.24, 2.45) is 5.92 Å². The second-order valence-corrected chi connectivity index (χ2v) is 9.06. The van der Waals surface area contributed by atoms with E-state index in [1.807, 2.05) is 26.0 Å². The molecule has 0 fully saturated rings. The lowest BCUT2D eigenvalue weighted by molar-refractivity contribution is -0.145. The quantitative estimate of drug-likeness (QED) is 0.508. The van der Waals surface area contributed by atoms with Gasteiger partial charge in [-0.25, -0.2) is 4.39 Å². The normalized spacial score (nSPS) is 20.2. The number of carbonyl (C=O) groups is 1. The Kier molecular flexibility index (Phi) is 5.73. The lowest BCUT2D eigenvalue weighted by Gasteiger charge is -2.42. The van der Waals surface area contributed by atoms with Gasteiger partial charge in [0.2, 0.25) is 0 Å². The number of rotatable bonds is 4. The van der Waals surface area contributed by atoms with Gasteiger partial charge in [0.25, 0.3) is 0 Å². The summed E-state index contributed by atoms with van der Waals surface area (Å²) in [6.07, 6.45) is 0.832. The van der Waals surface area contributed by atoms with Crippen LogP contribution in [0.3, 0.4) is 0 Å². The molecule has 0 unspecified atom stereocenters. The Balaban J connectivity index is 1.93. The Bertz CT molecular complexity index is 1110. The zero-order valence-corrected chi connectivity index (χ0v) is 19.2. The van der Waals surface area contributed by atoms with Crippen molar-refractivity contribution in [2.45, 2.75) is 39.3 Å². The van der Waals surface area contributed by atoms with Crippen molar-refractivity contribution in [2.75, 3.05) is 13.7 Å². The second-order valence-electron chi connectivity index (χ2n) is 8.21. The molecule has 2 heterocycles. The molecular weight excluding hydrogens is 447 g/mol. The van der Waals surface area contributed by atoms with Gasteiger partial charge in [0.1, 0.15) is 5.82 Å². The summed E-state index contributed by atoms with van der Waals surface area (Å²) in [5.41, 5.74) is 4.79. The van der Waals surface area contributed by atoms with Crippen LogP contribution in [0.25, 0.3) is 10.9 Å². The third-order valence-corrected chi connectivity index (χ3v) is 7.13. The number of methoxy groups -OCH3 is 1. The number of nitrogens with one attached hydrogen (secondary N) is 1. The number of H-pyrrole nitrogens is 1. The molecule has 4 nitrogen and oxygen atoms in total. The first-order valence-corrected chi connectivity index (χ1v) is 11.0. The minimum Gasteiger partial charge on any atom is -0.469 e. The average molecular weight is 473 g/mol. The largest absolute Gasteiger partial charge is 0.469 e. The van der Waals surface area contributed by atoms with Crippen molar-refractivity contribution >= 4 is 32.8 Å². The van der Waals surface area contributed by atoms with Gasteiger partial charge in [-0.05, 0) is 49.6 Å². The number of nitrogens with zero attached hydrogens (tertiary/aromatic N) is 1. The molecule has 0 aliphatic carbocycles. The van der Waals surface area contributed by atoms with Gasteiger partial charge in [-0.3, -0.25) is 9.69 Å². The molecule has 0 amide bonds. The maximum Gasteiger partial charge on any atom is 0.309 e. The highest BCUT2D eigenvalue weighted by atomic mass is 79.9. The van der Waals surface area contributed by atoms with Gasteiger partial charge in [0.05, 0.1) is 19.1 Å². The molecule has 1 aliphatic rings. The lowest BCUT2D eigenvalue weighted by atomic mass is 9.86. The summed E-state index contributed by atoms with van der Waals surface area (Å²) in [6.45, 7) is 6.43.